The molecule has 0 spiro atoms. The Bertz CT molecular complexity index is 604. The van der Waals surface area contributed by atoms with E-state index in [-0.39, 0.29) is 11.5 Å². The summed E-state index contributed by atoms with van der Waals surface area (Å²) in [6.45, 7) is 4.93. The van der Waals surface area contributed by atoms with Crippen LogP contribution in [-0.2, 0) is 9.53 Å². The monoisotopic (exact) mass is 287 g/mol. The Labute approximate surface area is 125 Å². The summed E-state index contributed by atoms with van der Waals surface area (Å²) in [5, 5.41) is 11.9. The predicted octanol–water partition coefficient (Wildman–Crippen LogP) is 2.11. The minimum Gasteiger partial charge on any atom is -0.383 e. The van der Waals surface area contributed by atoms with E-state index >= 15 is 0 Å². The van der Waals surface area contributed by atoms with Crippen molar-refractivity contribution < 1.29 is 9.53 Å². The molecule has 21 heavy (non-hydrogen) atoms. The molecule has 1 fully saturated rings. The van der Waals surface area contributed by atoms with E-state index in [0.29, 0.717) is 19.2 Å². The summed E-state index contributed by atoms with van der Waals surface area (Å²) in [6.07, 6.45) is 4.09. The summed E-state index contributed by atoms with van der Waals surface area (Å²) in [5.74, 6) is -0.356. The largest absolute Gasteiger partial charge is 0.383 e. The lowest BCUT2D eigenvalue weighted by Crippen LogP contribution is -2.27. The molecule has 1 aromatic heterocycles. The number of aromatic nitrogens is 1. The van der Waals surface area contributed by atoms with Gasteiger partial charge in [-0.3, -0.25) is 4.79 Å². The van der Waals surface area contributed by atoms with Crippen LogP contribution in [-0.4, -0.2) is 30.7 Å². The fraction of sp³-hybridized carbons (Fsp3) is 0.500. The maximum atomic E-state index is 11.9. The molecule has 5 nitrogen and oxygen atoms in total. The molecule has 0 radical (unpaired) electrons. The van der Waals surface area contributed by atoms with Gasteiger partial charge in [0.05, 0.1) is 6.61 Å². The summed E-state index contributed by atoms with van der Waals surface area (Å²) >= 11 is 0. The highest BCUT2D eigenvalue weighted by Crippen LogP contribution is 2.38. The molecule has 1 aromatic rings. The number of carbonyl (C=O) groups excluding carboxylic acids is 1. The summed E-state index contributed by atoms with van der Waals surface area (Å²) in [5.41, 5.74) is 3.37. The number of ether oxygens (including phenoxy) is 1. The van der Waals surface area contributed by atoms with Crippen LogP contribution in [0.15, 0.2) is 11.6 Å². The van der Waals surface area contributed by atoms with Crippen LogP contribution < -0.4 is 5.32 Å². The lowest BCUT2D eigenvalue weighted by molar-refractivity contribution is -0.117. The van der Waals surface area contributed by atoms with Crippen LogP contribution >= 0.6 is 0 Å². The van der Waals surface area contributed by atoms with Gasteiger partial charge in [-0.15, -0.1) is 0 Å². The van der Waals surface area contributed by atoms with E-state index in [0.717, 1.165) is 11.3 Å². The van der Waals surface area contributed by atoms with Crippen molar-refractivity contribution in [2.24, 2.45) is 0 Å². The Morgan fingerprint density at radius 1 is 1.57 bits per heavy atom. The van der Waals surface area contributed by atoms with Crippen molar-refractivity contribution in [2.45, 2.75) is 32.7 Å². The molecule has 1 heterocycles. The number of nitrogens with one attached hydrogen (secondary N) is 1. The van der Waals surface area contributed by atoms with E-state index in [1.807, 2.05) is 19.1 Å². The number of carbonyl (C=O) groups is 1. The van der Waals surface area contributed by atoms with Crippen molar-refractivity contribution in [3.63, 3.8) is 0 Å². The second kappa shape index (κ2) is 6.59. The van der Waals surface area contributed by atoms with Gasteiger partial charge in [0.25, 0.3) is 5.91 Å². The van der Waals surface area contributed by atoms with Gasteiger partial charge in [-0.2, -0.15) is 5.26 Å². The molecule has 1 aliphatic rings. The summed E-state index contributed by atoms with van der Waals surface area (Å²) in [6, 6.07) is 4.60. The van der Waals surface area contributed by atoms with E-state index < -0.39 is 0 Å². The zero-order chi connectivity index (χ0) is 15.4. The number of rotatable bonds is 6. The van der Waals surface area contributed by atoms with Gasteiger partial charge >= 0.3 is 0 Å². The van der Waals surface area contributed by atoms with Gasteiger partial charge in [-0.1, -0.05) is 0 Å². The molecule has 1 amide bonds. The zero-order valence-corrected chi connectivity index (χ0v) is 12.8. The second-order valence-corrected chi connectivity index (χ2v) is 5.35. The number of amides is 1. The van der Waals surface area contributed by atoms with E-state index in [4.69, 9.17) is 4.74 Å². The SMILES string of the molecule is COCCNC(=O)/C(C#N)=C/c1cc(C)n(C2CC2)c1C. The minimum absolute atomic E-state index is 0.127. The van der Waals surface area contributed by atoms with Gasteiger partial charge in [-0.05, 0) is 44.4 Å². The number of nitriles is 1. The van der Waals surface area contributed by atoms with Gasteiger partial charge in [0.15, 0.2) is 0 Å². The molecule has 2 rings (SSSR count). The molecule has 5 heteroatoms. The number of hydrogen-bond acceptors (Lipinski definition) is 3. The number of methoxy groups -OCH3 is 1. The third-order valence-electron chi connectivity index (χ3n) is 3.69. The van der Waals surface area contributed by atoms with Gasteiger partial charge in [-0.25, -0.2) is 0 Å². The van der Waals surface area contributed by atoms with Crippen molar-refractivity contribution in [2.75, 3.05) is 20.3 Å². The first-order valence-corrected chi connectivity index (χ1v) is 7.15. The third-order valence-corrected chi connectivity index (χ3v) is 3.69. The first kappa shape index (κ1) is 15.3. The van der Waals surface area contributed by atoms with Crippen molar-refractivity contribution in [1.82, 2.24) is 9.88 Å². The van der Waals surface area contributed by atoms with Gasteiger partial charge in [0, 0.05) is 31.1 Å². The minimum atomic E-state index is -0.356. The highest BCUT2D eigenvalue weighted by atomic mass is 16.5. The molecule has 0 aliphatic heterocycles. The second-order valence-electron chi connectivity index (χ2n) is 5.35. The fourth-order valence-corrected chi connectivity index (χ4v) is 2.51. The molecule has 1 N–H and O–H groups in total. The van der Waals surface area contributed by atoms with Crippen molar-refractivity contribution >= 4 is 12.0 Å². The number of hydrogen-bond donors (Lipinski definition) is 1. The molecular weight excluding hydrogens is 266 g/mol. The lowest BCUT2D eigenvalue weighted by atomic mass is 10.1. The smallest absolute Gasteiger partial charge is 0.262 e. The Hall–Kier alpha value is -2.06. The van der Waals surface area contributed by atoms with Crippen molar-refractivity contribution in [1.29, 1.82) is 5.26 Å². The van der Waals surface area contributed by atoms with Crippen molar-refractivity contribution in [3.8, 4) is 6.07 Å². The first-order valence-electron chi connectivity index (χ1n) is 7.15. The molecule has 112 valence electrons. The van der Waals surface area contributed by atoms with Crippen LogP contribution in [0, 0.1) is 25.2 Å². The first-order chi connectivity index (χ1) is 10.1. The molecule has 1 saturated carbocycles. The Kier molecular flexibility index (Phi) is 4.81. The average molecular weight is 287 g/mol. The van der Waals surface area contributed by atoms with E-state index in [9.17, 15) is 10.1 Å². The summed E-state index contributed by atoms with van der Waals surface area (Å²) in [4.78, 5) is 11.9. The highest BCUT2D eigenvalue weighted by molar-refractivity contribution is 6.01. The Morgan fingerprint density at radius 3 is 2.86 bits per heavy atom. The fourth-order valence-electron chi connectivity index (χ4n) is 2.51. The van der Waals surface area contributed by atoms with E-state index in [1.165, 1.54) is 18.5 Å². The topological polar surface area (TPSA) is 67.0 Å². The lowest BCUT2D eigenvalue weighted by Gasteiger charge is -2.07. The molecular formula is C16H21N3O2. The van der Waals surface area contributed by atoms with Gasteiger partial charge in [0.1, 0.15) is 11.6 Å². The highest BCUT2D eigenvalue weighted by Gasteiger charge is 2.26. The molecule has 0 atom stereocenters. The van der Waals surface area contributed by atoms with Crippen LogP contribution in [0.1, 0.15) is 35.8 Å². The maximum Gasteiger partial charge on any atom is 0.262 e. The Morgan fingerprint density at radius 2 is 2.29 bits per heavy atom. The van der Waals surface area contributed by atoms with E-state index in [1.54, 1.807) is 13.2 Å². The number of nitrogens with zero attached hydrogens (tertiary/aromatic N) is 2. The average Bonchev–Trinajstić information content (AvgIpc) is 3.24. The van der Waals surface area contributed by atoms with Crippen LogP contribution in [0.5, 0.6) is 0 Å². The summed E-state index contributed by atoms with van der Waals surface area (Å²) < 4.78 is 7.17. The molecule has 1 aliphatic carbocycles. The summed E-state index contributed by atoms with van der Waals surface area (Å²) in [7, 11) is 1.57. The van der Waals surface area contributed by atoms with Crippen LogP contribution in [0.25, 0.3) is 6.08 Å². The van der Waals surface area contributed by atoms with Gasteiger partial charge in [0.2, 0.25) is 0 Å². The quantitative estimate of drug-likeness (QED) is 0.495. The normalized spacial score (nSPS) is 14.9. The maximum absolute atomic E-state index is 11.9. The molecule has 0 unspecified atom stereocenters. The zero-order valence-electron chi connectivity index (χ0n) is 12.8. The van der Waals surface area contributed by atoms with E-state index in [2.05, 4.69) is 16.8 Å². The third kappa shape index (κ3) is 3.53. The molecule has 0 bridgehead atoms. The standard InChI is InChI=1S/C16H21N3O2/c1-11-8-13(12(2)19(11)15-4-5-15)9-14(10-17)16(20)18-6-7-21-3/h8-9,15H,4-7H2,1-3H3,(H,18,20)/b14-9+. The van der Waals surface area contributed by atoms with Crippen molar-refractivity contribution in [3.05, 3.63) is 28.6 Å². The van der Waals surface area contributed by atoms with Crippen LogP contribution in [0.3, 0.4) is 0 Å². The van der Waals surface area contributed by atoms with Gasteiger partial charge < -0.3 is 14.6 Å². The predicted molar refractivity (Wildman–Crippen MR) is 80.7 cm³/mol. The molecule has 0 aromatic carbocycles. The van der Waals surface area contributed by atoms with Crippen LogP contribution in [0.4, 0.5) is 0 Å². The molecule has 0 saturated heterocycles. The Balaban J connectivity index is 2.18. The van der Waals surface area contributed by atoms with Crippen LogP contribution in [0.2, 0.25) is 0 Å². The number of aryl methyl sites for hydroxylation is 1.